The zero-order valence-corrected chi connectivity index (χ0v) is 14.7. The van der Waals surface area contributed by atoms with E-state index < -0.39 is 10.0 Å². The average molecular weight is 357 g/mol. The maximum atomic E-state index is 13.3. The number of hydrogen-bond acceptors (Lipinski definition) is 5. The maximum absolute atomic E-state index is 13.3. The van der Waals surface area contributed by atoms with Crippen LogP contribution in [0.15, 0.2) is 41.4 Å². The van der Waals surface area contributed by atoms with Gasteiger partial charge < -0.3 is 0 Å². The molecule has 0 aliphatic carbocycles. The van der Waals surface area contributed by atoms with Crippen LogP contribution < -0.4 is 0 Å². The summed E-state index contributed by atoms with van der Waals surface area (Å²) in [7, 11) is -3.68. The van der Waals surface area contributed by atoms with Gasteiger partial charge in [0.2, 0.25) is 10.0 Å². The van der Waals surface area contributed by atoms with Crippen LogP contribution in [0.1, 0.15) is 37.5 Å². The van der Waals surface area contributed by atoms with Crippen LogP contribution in [-0.4, -0.2) is 39.4 Å². The van der Waals surface area contributed by atoms with Crippen molar-refractivity contribution in [2.24, 2.45) is 0 Å². The Morgan fingerprint density at radius 2 is 2.12 bits per heavy atom. The van der Waals surface area contributed by atoms with Crippen LogP contribution in [0, 0.1) is 0 Å². The Morgan fingerprint density at radius 1 is 1.28 bits per heavy atom. The van der Waals surface area contributed by atoms with Gasteiger partial charge in [0.25, 0.3) is 0 Å². The lowest BCUT2D eigenvalue weighted by Crippen LogP contribution is -2.31. The summed E-state index contributed by atoms with van der Waals surface area (Å²) in [4.78, 5) is 8.97. The summed E-state index contributed by atoms with van der Waals surface area (Å²) in [5, 5.41) is 7.92. The highest BCUT2D eigenvalue weighted by Gasteiger charge is 2.39. The fraction of sp³-hybridized carbons (Fsp3) is 0.353. The molecule has 4 rings (SSSR count). The highest BCUT2D eigenvalue weighted by molar-refractivity contribution is 7.89. The Kier molecular flexibility index (Phi) is 4.01. The molecule has 8 heteroatoms. The number of para-hydroxylation sites is 1. The summed E-state index contributed by atoms with van der Waals surface area (Å²) in [5.74, 6) is 1.32. The normalized spacial score (nSPS) is 18.8. The number of benzene rings is 1. The molecule has 3 heterocycles. The quantitative estimate of drug-likeness (QED) is 0.774. The highest BCUT2D eigenvalue weighted by atomic mass is 32.2. The number of pyridine rings is 1. The van der Waals surface area contributed by atoms with E-state index in [0.717, 1.165) is 30.5 Å². The Balaban J connectivity index is 1.78. The first-order valence-corrected chi connectivity index (χ1v) is 9.82. The number of rotatable bonds is 4. The number of hydrogen-bond donors (Lipinski definition) is 1. The van der Waals surface area contributed by atoms with Gasteiger partial charge in [0, 0.05) is 24.5 Å². The van der Waals surface area contributed by atoms with Gasteiger partial charge >= 0.3 is 0 Å². The van der Waals surface area contributed by atoms with Crippen molar-refractivity contribution in [2.45, 2.75) is 37.1 Å². The monoisotopic (exact) mass is 357 g/mol. The molecule has 0 unspecified atom stereocenters. The number of sulfonamides is 1. The van der Waals surface area contributed by atoms with Crippen molar-refractivity contribution in [3.63, 3.8) is 0 Å². The molecule has 1 atom stereocenters. The second-order valence-electron chi connectivity index (χ2n) is 6.10. The largest absolute Gasteiger partial charge is 0.263 e. The first-order valence-electron chi connectivity index (χ1n) is 8.38. The van der Waals surface area contributed by atoms with E-state index >= 15 is 0 Å². The Bertz CT molecular complexity index is 1010. The average Bonchev–Trinajstić information content (AvgIpc) is 3.30. The summed E-state index contributed by atoms with van der Waals surface area (Å²) >= 11 is 0. The molecule has 25 heavy (non-hydrogen) atoms. The highest BCUT2D eigenvalue weighted by Crippen LogP contribution is 2.36. The van der Waals surface area contributed by atoms with Gasteiger partial charge in [0.15, 0.2) is 5.82 Å². The number of fused-ring (bicyclic) bond motifs is 1. The topological polar surface area (TPSA) is 91.8 Å². The minimum Gasteiger partial charge on any atom is -0.263 e. The summed E-state index contributed by atoms with van der Waals surface area (Å²) in [6.07, 6.45) is 3.86. The van der Waals surface area contributed by atoms with E-state index in [0.29, 0.717) is 17.9 Å². The Labute approximate surface area is 146 Å². The second kappa shape index (κ2) is 6.20. The van der Waals surface area contributed by atoms with Gasteiger partial charge in [-0.05, 0) is 25.0 Å². The van der Waals surface area contributed by atoms with E-state index in [1.54, 1.807) is 24.4 Å². The van der Waals surface area contributed by atoms with E-state index in [1.807, 2.05) is 19.1 Å². The van der Waals surface area contributed by atoms with Gasteiger partial charge in [-0.25, -0.2) is 13.4 Å². The predicted octanol–water partition coefficient (Wildman–Crippen LogP) is 2.44. The smallest absolute Gasteiger partial charge is 0.245 e. The summed E-state index contributed by atoms with van der Waals surface area (Å²) in [5.41, 5.74) is 0.500. The molecule has 0 radical (unpaired) electrons. The summed E-state index contributed by atoms with van der Waals surface area (Å²) in [6.45, 7) is 2.45. The third-order valence-corrected chi connectivity index (χ3v) is 6.51. The number of nitrogens with one attached hydrogen (secondary N) is 1. The van der Waals surface area contributed by atoms with Gasteiger partial charge in [-0.3, -0.25) is 10.1 Å². The molecular formula is C17H19N5O2S. The molecule has 2 aromatic heterocycles. The van der Waals surface area contributed by atoms with Crippen LogP contribution in [0.4, 0.5) is 0 Å². The van der Waals surface area contributed by atoms with Crippen molar-refractivity contribution in [3.8, 4) is 0 Å². The van der Waals surface area contributed by atoms with Crippen LogP contribution in [0.25, 0.3) is 10.9 Å². The first-order chi connectivity index (χ1) is 12.1. The van der Waals surface area contributed by atoms with Crippen LogP contribution >= 0.6 is 0 Å². The lowest BCUT2D eigenvalue weighted by Gasteiger charge is -2.22. The molecule has 0 amide bonds. The van der Waals surface area contributed by atoms with Crippen molar-refractivity contribution in [2.75, 3.05) is 6.54 Å². The SMILES string of the molecule is CCc1nc([C@@H]2CCCN2S(=O)(=O)c2cccc3cccnc23)n[nH]1. The third-order valence-electron chi connectivity index (χ3n) is 4.57. The number of aryl methyl sites for hydroxylation is 1. The molecule has 0 saturated carbocycles. The standard InChI is InChI=1S/C17H19N5O2S/c1-2-15-19-17(21-20-15)13-8-5-11-22(13)25(23,24)14-9-3-6-12-7-4-10-18-16(12)14/h3-4,6-7,9-10,13H,2,5,8,11H2,1H3,(H,19,20,21)/t13-/m0/s1. The van der Waals surface area contributed by atoms with Crippen molar-refractivity contribution in [1.82, 2.24) is 24.5 Å². The van der Waals surface area contributed by atoms with E-state index in [1.165, 1.54) is 4.31 Å². The Hall–Kier alpha value is -2.32. The zero-order chi connectivity index (χ0) is 17.4. The van der Waals surface area contributed by atoms with E-state index in [9.17, 15) is 8.42 Å². The third kappa shape index (κ3) is 2.71. The molecule has 0 bridgehead atoms. The number of nitrogens with zero attached hydrogens (tertiary/aromatic N) is 4. The molecule has 130 valence electrons. The molecular weight excluding hydrogens is 338 g/mol. The van der Waals surface area contributed by atoms with Crippen LogP contribution in [0.2, 0.25) is 0 Å². The lowest BCUT2D eigenvalue weighted by atomic mass is 10.2. The van der Waals surface area contributed by atoms with Gasteiger partial charge in [0.05, 0.1) is 11.6 Å². The molecule has 0 spiro atoms. The predicted molar refractivity (Wildman–Crippen MR) is 93.4 cm³/mol. The van der Waals surface area contributed by atoms with Gasteiger partial charge in [-0.15, -0.1) is 0 Å². The fourth-order valence-electron chi connectivity index (χ4n) is 3.31. The van der Waals surface area contributed by atoms with Crippen molar-refractivity contribution < 1.29 is 8.42 Å². The minimum atomic E-state index is -3.68. The Morgan fingerprint density at radius 3 is 2.92 bits per heavy atom. The molecule has 3 aromatic rings. The second-order valence-corrected chi connectivity index (χ2v) is 7.96. The zero-order valence-electron chi connectivity index (χ0n) is 13.9. The molecule has 1 aliphatic rings. The van der Waals surface area contributed by atoms with Gasteiger partial charge in [-0.2, -0.15) is 9.40 Å². The summed E-state index contributed by atoms with van der Waals surface area (Å²) in [6, 6.07) is 8.58. The molecule has 1 aromatic carbocycles. The van der Waals surface area contributed by atoms with E-state index in [2.05, 4.69) is 20.2 Å². The van der Waals surface area contributed by atoms with Crippen LogP contribution in [0.3, 0.4) is 0 Å². The van der Waals surface area contributed by atoms with E-state index in [-0.39, 0.29) is 10.9 Å². The first kappa shape index (κ1) is 16.2. The van der Waals surface area contributed by atoms with Crippen molar-refractivity contribution in [1.29, 1.82) is 0 Å². The van der Waals surface area contributed by atoms with Crippen molar-refractivity contribution >= 4 is 20.9 Å². The van der Waals surface area contributed by atoms with Crippen LogP contribution in [-0.2, 0) is 16.4 Å². The fourth-order valence-corrected chi connectivity index (χ4v) is 5.14. The number of H-pyrrole nitrogens is 1. The lowest BCUT2D eigenvalue weighted by molar-refractivity contribution is 0.384. The number of aromatic nitrogens is 4. The van der Waals surface area contributed by atoms with Crippen LogP contribution in [0.5, 0.6) is 0 Å². The molecule has 1 fully saturated rings. The number of aromatic amines is 1. The van der Waals surface area contributed by atoms with Gasteiger partial charge in [-0.1, -0.05) is 25.1 Å². The van der Waals surface area contributed by atoms with Crippen molar-refractivity contribution in [3.05, 3.63) is 48.2 Å². The molecule has 7 nitrogen and oxygen atoms in total. The minimum absolute atomic E-state index is 0.240. The van der Waals surface area contributed by atoms with Gasteiger partial charge in [0.1, 0.15) is 10.7 Å². The maximum Gasteiger partial charge on any atom is 0.245 e. The molecule has 1 N–H and O–H groups in total. The van der Waals surface area contributed by atoms with E-state index in [4.69, 9.17) is 0 Å². The summed E-state index contributed by atoms with van der Waals surface area (Å²) < 4.78 is 28.2. The molecule has 1 aliphatic heterocycles. The molecule has 1 saturated heterocycles.